The number of hydrogen-bond acceptors (Lipinski definition) is 2. The molecule has 1 aliphatic heterocycles. The molecule has 76 valence electrons. The van der Waals surface area contributed by atoms with Gasteiger partial charge in [-0.2, -0.15) is 11.8 Å². The van der Waals surface area contributed by atoms with Crippen LogP contribution < -0.4 is 5.32 Å². The first-order valence-electron chi connectivity index (χ1n) is 4.95. The molecule has 1 rings (SSSR count). The van der Waals surface area contributed by atoms with E-state index in [0.717, 1.165) is 6.54 Å². The zero-order chi connectivity index (χ0) is 9.90. The van der Waals surface area contributed by atoms with Crippen LogP contribution in [0.1, 0.15) is 27.2 Å². The lowest BCUT2D eigenvalue weighted by atomic mass is 9.88. The maximum absolute atomic E-state index is 3.91. The summed E-state index contributed by atoms with van der Waals surface area (Å²) in [6, 6.07) is 0.686. The van der Waals surface area contributed by atoms with Gasteiger partial charge in [-0.05, 0) is 24.5 Å². The molecule has 1 N–H and O–H groups in total. The average molecular weight is 199 g/mol. The fraction of sp³-hybridized carbons (Fsp3) is 0.818. The van der Waals surface area contributed by atoms with Gasteiger partial charge in [0.25, 0.3) is 0 Å². The summed E-state index contributed by atoms with van der Waals surface area (Å²) in [5, 5.41) is 3.56. The quantitative estimate of drug-likeness (QED) is 0.701. The predicted octanol–water partition coefficient (Wildman–Crippen LogP) is 2.68. The molecule has 1 aliphatic rings. The maximum Gasteiger partial charge on any atom is 0.0166 e. The van der Waals surface area contributed by atoms with Gasteiger partial charge in [0, 0.05) is 18.3 Å². The lowest BCUT2D eigenvalue weighted by Gasteiger charge is -2.35. The number of thioether (sulfide) groups is 1. The molecule has 1 fully saturated rings. The molecular formula is C11H21NS. The molecule has 0 saturated carbocycles. The standard InChI is InChI=1S/C11H21NS/c1-9(2)6-12-10-5-11(3,4)8-13-7-10/h10,12H,1,5-8H2,2-4H3. The van der Waals surface area contributed by atoms with Crippen LogP contribution in [0.4, 0.5) is 0 Å². The van der Waals surface area contributed by atoms with E-state index in [1.807, 2.05) is 0 Å². The van der Waals surface area contributed by atoms with E-state index >= 15 is 0 Å². The molecule has 0 aromatic rings. The van der Waals surface area contributed by atoms with Gasteiger partial charge in [0.05, 0.1) is 0 Å². The highest BCUT2D eigenvalue weighted by Crippen LogP contribution is 2.33. The largest absolute Gasteiger partial charge is 0.309 e. The van der Waals surface area contributed by atoms with E-state index in [9.17, 15) is 0 Å². The summed E-state index contributed by atoms with van der Waals surface area (Å²) < 4.78 is 0. The second-order valence-corrected chi connectivity index (χ2v) is 5.95. The van der Waals surface area contributed by atoms with Gasteiger partial charge in [0.2, 0.25) is 0 Å². The Bertz CT molecular complexity index is 187. The Kier molecular flexibility index (Phi) is 3.87. The van der Waals surface area contributed by atoms with Gasteiger partial charge in [0.1, 0.15) is 0 Å². The van der Waals surface area contributed by atoms with Crippen LogP contribution >= 0.6 is 11.8 Å². The predicted molar refractivity (Wildman–Crippen MR) is 62.3 cm³/mol. The van der Waals surface area contributed by atoms with Crippen molar-refractivity contribution in [1.82, 2.24) is 5.32 Å². The highest BCUT2D eigenvalue weighted by atomic mass is 32.2. The summed E-state index contributed by atoms with van der Waals surface area (Å²) in [7, 11) is 0. The zero-order valence-electron chi connectivity index (χ0n) is 9.02. The zero-order valence-corrected chi connectivity index (χ0v) is 9.84. The smallest absolute Gasteiger partial charge is 0.0166 e. The molecule has 0 amide bonds. The Balaban J connectivity index is 2.30. The summed E-state index contributed by atoms with van der Waals surface area (Å²) >= 11 is 2.07. The maximum atomic E-state index is 3.91. The number of nitrogens with one attached hydrogen (secondary N) is 1. The molecule has 1 saturated heterocycles. The SMILES string of the molecule is C=C(C)CNC1CSCC(C)(C)C1. The van der Waals surface area contributed by atoms with Gasteiger partial charge in [-0.1, -0.05) is 26.0 Å². The first-order valence-corrected chi connectivity index (χ1v) is 6.10. The first kappa shape index (κ1) is 11.1. The van der Waals surface area contributed by atoms with E-state index in [4.69, 9.17) is 0 Å². The van der Waals surface area contributed by atoms with Gasteiger partial charge in [-0.25, -0.2) is 0 Å². The molecule has 0 aromatic carbocycles. The summed E-state index contributed by atoms with van der Waals surface area (Å²) in [5.41, 5.74) is 1.74. The minimum Gasteiger partial charge on any atom is -0.309 e. The molecular weight excluding hydrogens is 178 g/mol. The molecule has 0 aliphatic carbocycles. The van der Waals surface area contributed by atoms with Gasteiger partial charge >= 0.3 is 0 Å². The highest BCUT2D eigenvalue weighted by Gasteiger charge is 2.27. The molecule has 1 atom stereocenters. The van der Waals surface area contributed by atoms with Crippen LogP contribution in [-0.4, -0.2) is 24.1 Å². The second kappa shape index (κ2) is 4.52. The van der Waals surface area contributed by atoms with E-state index in [2.05, 4.69) is 44.4 Å². The van der Waals surface area contributed by atoms with Crippen LogP contribution in [0.25, 0.3) is 0 Å². The van der Waals surface area contributed by atoms with Crippen LogP contribution in [0, 0.1) is 5.41 Å². The second-order valence-electron chi connectivity index (χ2n) is 4.92. The topological polar surface area (TPSA) is 12.0 Å². The van der Waals surface area contributed by atoms with Crippen molar-refractivity contribution in [2.24, 2.45) is 5.41 Å². The van der Waals surface area contributed by atoms with Crippen molar-refractivity contribution in [2.75, 3.05) is 18.1 Å². The van der Waals surface area contributed by atoms with E-state index in [1.54, 1.807) is 0 Å². The minimum absolute atomic E-state index is 0.510. The Morgan fingerprint density at radius 3 is 2.85 bits per heavy atom. The summed E-state index contributed by atoms with van der Waals surface area (Å²) in [6.45, 7) is 11.7. The van der Waals surface area contributed by atoms with Gasteiger partial charge in [0.15, 0.2) is 0 Å². The molecule has 0 spiro atoms. The summed E-state index contributed by atoms with van der Waals surface area (Å²) in [6.07, 6.45) is 1.30. The van der Waals surface area contributed by atoms with Crippen molar-refractivity contribution >= 4 is 11.8 Å². The number of rotatable bonds is 3. The number of hydrogen-bond donors (Lipinski definition) is 1. The molecule has 0 aromatic heterocycles. The Morgan fingerprint density at radius 2 is 2.31 bits per heavy atom. The van der Waals surface area contributed by atoms with Gasteiger partial charge in [-0.15, -0.1) is 0 Å². The van der Waals surface area contributed by atoms with Crippen LogP contribution in [0.3, 0.4) is 0 Å². The van der Waals surface area contributed by atoms with E-state index in [0.29, 0.717) is 11.5 Å². The average Bonchev–Trinajstić information content (AvgIpc) is 1.99. The molecule has 2 heteroatoms. The van der Waals surface area contributed by atoms with E-state index in [-0.39, 0.29) is 0 Å². The summed E-state index contributed by atoms with van der Waals surface area (Å²) in [5.74, 6) is 2.56. The third-order valence-corrected chi connectivity index (χ3v) is 3.93. The Hall–Kier alpha value is 0.0500. The van der Waals surface area contributed by atoms with Crippen molar-refractivity contribution < 1.29 is 0 Å². The van der Waals surface area contributed by atoms with Gasteiger partial charge in [-0.3, -0.25) is 0 Å². The monoisotopic (exact) mass is 199 g/mol. The van der Waals surface area contributed by atoms with Crippen LogP contribution in [0.2, 0.25) is 0 Å². The fourth-order valence-corrected chi connectivity index (χ4v) is 3.02. The van der Waals surface area contributed by atoms with E-state index in [1.165, 1.54) is 23.5 Å². The van der Waals surface area contributed by atoms with Crippen LogP contribution in [0.5, 0.6) is 0 Å². The molecule has 1 nitrogen and oxygen atoms in total. The molecule has 0 radical (unpaired) electrons. The third kappa shape index (κ3) is 4.19. The van der Waals surface area contributed by atoms with Crippen LogP contribution in [-0.2, 0) is 0 Å². The lowest BCUT2D eigenvalue weighted by Crippen LogP contribution is -2.40. The van der Waals surface area contributed by atoms with Gasteiger partial charge < -0.3 is 5.32 Å². The minimum atomic E-state index is 0.510. The molecule has 13 heavy (non-hydrogen) atoms. The first-order chi connectivity index (χ1) is 5.99. The van der Waals surface area contributed by atoms with E-state index < -0.39 is 0 Å². The van der Waals surface area contributed by atoms with Crippen molar-refractivity contribution in [2.45, 2.75) is 33.2 Å². The molecule has 1 unspecified atom stereocenters. The highest BCUT2D eigenvalue weighted by molar-refractivity contribution is 7.99. The Morgan fingerprint density at radius 1 is 1.62 bits per heavy atom. The normalized spacial score (nSPS) is 27.2. The Labute approximate surface area is 86.4 Å². The lowest BCUT2D eigenvalue weighted by molar-refractivity contribution is 0.322. The van der Waals surface area contributed by atoms with Crippen molar-refractivity contribution in [3.8, 4) is 0 Å². The third-order valence-electron chi connectivity index (χ3n) is 2.30. The fourth-order valence-electron chi connectivity index (χ4n) is 1.71. The molecule has 1 heterocycles. The van der Waals surface area contributed by atoms with Crippen molar-refractivity contribution in [3.05, 3.63) is 12.2 Å². The summed E-state index contributed by atoms with van der Waals surface area (Å²) in [4.78, 5) is 0. The van der Waals surface area contributed by atoms with Crippen LogP contribution in [0.15, 0.2) is 12.2 Å². The van der Waals surface area contributed by atoms with Crippen molar-refractivity contribution in [3.63, 3.8) is 0 Å². The molecule has 0 bridgehead atoms. The van der Waals surface area contributed by atoms with Crippen molar-refractivity contribution in [1.29, 1.82) is 0 Å².